The Bertz CT molecular complexity index is 680. The number of aromatic nitrogens is 1. The number of hydrogen-bond acceptors (Lipinski definition) is 3. The molecule has 3 nitrogen and oxygen atoms in total. The highest BCUT2D eigenvalue weighted by Gasteiger charge is 2.32. The molecule has 108 valence electrons. The molecule has 1 atom stereocenters. The summed E-state index contributed by atoms with van der Waals surface area (Å²) >= 11 is 0. The normalized spacial score (nSPS) is 18.0. The van der Waals surface area contributed by atoms with Gasteiger partial charge in [-0.05, 0) is 24.3 Å². The van der Waals surface area contributed by atoms with Gasteiger partial charge in [-0.1, -0.05) is 12.1 Å². The summed E-state index contributed by atoms with van der Waals surface area (Å²) in [6.45, 7) is 0. The lowest BCUT2D eigenvalue weighted by atomic mass is 9.98. The molecule has 6 heteroatoms. The smallest absolute Gasteiger partial charge is 0.417 e. The molecule has 0 fully saturated rings. The van der Waals surface area contributed by atoms with E-state index >= 15 is 0 Å². The number of halogens is 3. The van der Waals surface area contributed by atoms with Crippen molar-refractivity contribution in [2.45, 2.75) is 18.7 Å². The summed E-state index contributed by atoms with van der Waals surface area (Å²) in [6, 6.07) is 8.97. The van der Waals surface area contributed by atoms with E-state index in [-0.39, 0.29) is 12.2 Å². The van der Waals surface area contributed by atoms with Gasteiger partial charge in [-0.25, -0.2) is 0 Å². The highest BCUT2D eigenvalue weighted by molar-refractivity contribution is 5.99. The summed E-state index contributed by atoms with van der Waals surface area (Å²) in [6.07, 6.45) is -4.27. The van der Waals surface area contributed by atoms with E-state index in [4.69, 9.17) is 4.74 Å². The molecule has 0 saturated carbocycles. The molecule has 1 aliphatic heterocycles. The van der Waals surface area contributed by atoms with Crippen LogP contribution in [0.15, 0.2) is 42.6 Å². The van der Waals surface area contributed by atoms with E-state index < -0.39 is 17.8 Å². The van der Waals surface area contributed by atoms with Crippen LogP contribution in [-0.4, -0.2) is 10.8 Å². The molecule has 1 aliphatic rings. The molecular formula is C15H10F3NO2. The van der Waals surface area contributed by atoms with Crippen LogP contribution in [0.4, 0.5) is 13.2 Å². The number of ketones is 1. The maximum atomic E-state index is 12.5. The monoisotopic (exact) mass is 293 g/mol. The quantitative estimate of drug-likeness (QED) is 0.802. The Labute approximate surface area is 118 Å². The van der Waals surface area contributed by atoms with E-state index in [1.165, 1.54) is 6.07 Å². The van der Waals surface area contributed by atoms with Crippen LogP contribution in [0.25, 0.3) is 0 Å². The van der Waals surface area contributed by atoms with Crippen molar-refractivity contribution in [3.05, 3.63) is 59.4 Å². The minimum absolute atomic E-state index is 0.0649. The standard InChI is InChI=1S/C15H10F3NO2/c16-15(17,18)9-5-6-11(19-8-9)14-7-12(20)10-3-1-2-4-13(10)21-14/h1-6,8,14H,7H2. The Hall–Kier alpha value is -2.37. The summed E-state index contributed by atoms with van der Waals surface area (Å²) < 4.78 is 43.1. The molecule has 0 amide bonds. The van der Waals surface area contributed by atoms with Gasteiger partial charge in [0.15, 0.2) is 5.78 Å². The van der Waals surface area contributed by atoms with Crippen molar-refractivity contribution in [1.29, 1.82) is 0 Å². The zero-order valence-corrected chi connectivity index (χ0v) is 10.7. The lowest BCUT2D eigenvalue weighted by Gasteiger charge is -2.24. The number of Topliss-reactive ketones (excluding diaryl/α,β-unsaturated/α-hetero) is 1. The zero-order valence-electron chi connectivity index (χ0n) is 10.7. The molecule has 0 bridgehead atoms. The van der Waals surface area contributed by atoms with Gasteiger partial charge in [-0.2, -0.15) is 13.2 Å². The Balaban J connectivity index is 1.88. The number of pyridine rings is 1. The van der Waals surface area contributed by atoms with Gasteiger partial charge in [0.05, 0.1) is 23.2 Å². The Kier molecular flexibility index (Phi) is 3.16. The number of benzene rings is 1. The number of carbonyl (C=O) groups excluding carboxylic acids is 1. The number of nitrogens with zero attached hydrogens (tertiary/aromatic N) is 1. The van der Waals surface area contributed by atoms with Crippen LogP contribution in [0.5, 0.6) is 5.75 Å². The van der Waals surface area contributed by atoms with Gasteiger partial charge in [-0.3, -0.25) is 9.78 Å². The van der Waals surface area contributed by atoms with Crippen LogP contribution in [0.1, 0.15) is 34.1 Å². The highest BCUT2D eigenvalue weighted by Crippen LogP contribution is 2.35. The second-order valence-electron chi connectivity index (χ2n) is 4.70. The average molecular weight is 293 g/mol. The first kappa shape index (κ1) is 13.6. The minimum Gasteiger partial charge on any atom is -0.483 e. The average Bonchev–Trinajstić information content (AvgIpc) is 2.46. The predicted octanol–water partition coefficient (Wildman–Crippen LogP) is 3.81. The van der Waals surface area contributed by atoms with Crippen molar-refractivity contribution in [2.75, 3.05) is 0 Å². The first-order chi connectivity index (χ1) is 9.95. The molecular weight excluding hydrogens is 283 g/mol. The van der Waals surface area contributed by atoms with E-state index in [2.05, 4.69) is 4.98 Å². The van der Waals surface area contributed by atoms with Crippen molar-refractivity contribution in [3.8, 4) is 5.75 Å². The molecule has 3 rings (SSSR count). The number of fused-ring (bicyclic) bond motifs is 1. The summed E-state index contributed by atoms with van der Waals surface area (Å²) in [5.74, 6) is 0.323. The SMILES string of the molecule is O=C1CC(c2ccc(C(F)(F)F)cn2)Oc2ccccc21. The van der Waals surface area contributed by atoms with Crippen molar-refractivity contribution < 1.29 is 22.7 Å². The predicted molar refractivity (Wildman–Crippen MR) is 68.0 cm³/mol. The second-order valence-corrected chi connectivity index (χ2v) is 4.70. The summed E-state index contributed by atoms with van der Waals surface area (Å²) in [5.41, 5.74) is -0.0275. The fraction of sp³-hybridized carbons (Fsp3) is 0.200. The summed E-state index contributed by atoms with van der Waals surface area (Å²) in [5, 5.41) is 0. The van der Waals surface area contributed by atoms with Gasteiger partial charge in [0.2, 0.25) is 0 Å². The van der Waals surface area contributed by atoms with E-state index in [1.807, 2.05) is 0 Å². The number of para-hydroxylation sites is 1. The first-order valence-corrected chi connectivity index (χ1v) is 6.27. The number of hydrogen-bond donors (Lipinski definition) is 0. The Morgan fingerprint density at radius 3 is 2.57 bits per heavy atom. The van der Waals surface area contributed by atoms with Crippen LogP contribution in [0.3, 0.4) is 0 Å². The van der Waals surface area contributed by atoms with Gasteiger partial charge in [-0.15, -0.1) is 0 Å². The van der Waals surface area contributed by atoms with Crippen LogP contribution < -0.4 is 4.74 Å². The van der Waals surface area contributed by atoms with E-state index in [1.54, 1.807) is 24.3 Å². The molecule has 0 saturated heterocycles. The van der Waals surface area contributed by atoms with Crippen molar-refractivity contribution in [3.63, 3.8) is 0 Å². The molecule has 1 aromatic heterocycles. The summed E-state index contributed by atoms with van der Waals surface area (Å²) in [7, 11) is 0. The molecule has 0 N–H and O–H groups in total. The van der Waals surface area contributed by atoms with E-state index in [0.29, 0.717) is 17.0 Å². The van der Waals surface area contributed by atoms with Crippen LogP contribution >= 0.6 is 0 Å². The highest BCUT2D eigenvalue weighted by atomic mass is 19.4. The lowest BCUT2D eigenvalue weighted by Crippen LogP contribution is -2.21. The number of alkyl halides is 3. The minimum atomic E-state index is -4.43. The van der Waals surface area contributed by atoms with Crippen LogP contribution in [0.2, 0.25) is 0 Å². The number of ether oxygens (including phenoxy) is 1. The van der Waals surface area contributed by atoms with Crippen molar-refractivity contribution >= 4 is 5.78 Å². The Morgan fingerprint density at radius 2 is 1.90 bits per heavy atom. The fourth-order valence-electron chi connectivity index (χ4n) is 2.20. The second kappa shape index (κ2) is 4.87. The third-order valence-electron chi connectivity index (χ3n) is 3.27. The topological polar surface area (TPSA) is 39.2 Å². The third-order valence-corrected chi connectivity index (χ3v) is 3.27. The lowest BCUT2D eigenvalue weighted by molar-refractivity contribution is -0.137. The van der Waals surface area contributed by atoms with Gasteiger partial charge >= 0.3 is 6.18 Å². The van der Waals surface area contributed by atoms with Crippen molar-refractivity contribution in [1.82, 2.24) is 4.98 Å². The van der Waals surface area contributed by atoms with Gasteiger partial charge in [0.25, 0.3) is 0 Å². The van der Waals surface area contributed by atoms with Crippen LogP contribution in [0, 0.1) is 0 Å². The molecule has 0 spiro atoms. The molecule has 0 radical (unpaired) electrons. The third kappa shape index (κ3) is 2.61. The van der Waals surface area contributed by atoms with Crippen LogP contribution in [-0.2, 0) is 6.18 Å². The zero-order chi connectivity index (χ0) is 15.0. The van der Waals surface area contributed by atoms with Gasteiger partial charge in [0, 0.05) is 6.20 Å². The maximum absolute atomic E-state index is 12.5. The van der Waals surface area contributed by atoms with Crippen molar-refractivity contribution in [2.24, 2.45) is 0 Å². The molecule has 0 aliphatic carbocycles. The molecule has 1 unspecified atom stereocenters. The molecule has 1 aromatic carbocycles. The fourth-order valence-corrected chi connectivity index (χ4v) is 2.20. The summed E-state index contributed by atoms with van der Waals surface area (Å²) in [4.78, 5) is 15.8. The van der Waals surface area contributed by atoms with E-state index in [0.717, 1.165) is 12.3 Å². The van der Waals surface area contributed by atoms with Gasteiger partial charge < -0.3 is 4.74 Å². The van der Waals surface area contributed by atoms with E-state index in [9.17, 15) is 18.0 Å². The number of rotatable bonds is 1. The molecule has 2 heterocycles. The largest absolute Gasteiger partial charge is 0.483 e. The van der Waals surface area contributed by atoms with Gasteiger partial charge in [0.1, 0.15) is 11.9 Å². The Morgan fingerprint density at radius 1 is 1.14 bits per heavy atom. The molecule has 21 heavy (non-hydrogen) atoms. The first-order valence-electron chi connectivity index (χ1n) is 6.27. The number of carbonyl (C=O) groups is 1. The molecule has 2 aromatic rings. The maximum Gasteiger partial charge on any atom is 0.417 e.